The first kappa shape index (κ1) is 16.2. The summed E-state index contributed by atoms with van der Waals surface area (Å²) >= 11 is 0. The monoisotopic (exact) mass is 284 g/mol. The Morgan fingerprint density at radius 2 is 1.90 bits per heavy atom. The molecule has 1 saturated heterocycles. The van der Waals surface area contributed by atoms with Crippen LogP contribution in [0.5, 0.6) is 0 Å². The van der Waals surface area contributed by atoms with E-state index in [-0.39, 0.29) is 0 Å². The van der Waals surface area contributed by atoms with Crippen molar-refractivity contribution in [3.63, 3.8) is 0 Å². The molecular weight excluding hydrogens is 252 g/mol. The van der Waals surface area contributed by atoms with Gasteiger partial charge >= 0.3 is 0 Å². The van der Waals surface area contributed by atoms with Crippen LogP contribution in [0.15, 0.2) is 0 Å². The molecule has 1 atom stereocenters. The van der Waals surface area contributed by atoms with Gasteiger partial charge in [-0.05, 0) is 25.8 Å². The lowest BCUT2D eigenvalue weighted by molar-refractivity contribution is -0.0498. The molecule has 1 heterocycles. The highest BCUT2D eigenvalue weighted by Crippen LogP contribution is 2.38. The van der Waals surface area contributed by atoms with Crippen LogP contribution in [0.1, 0.15) is 46.0 Å². The van der Waals surface area contributed by atoms with Crippen LogP contribution in [0.25, 0.3) is 0 Å². The van der Waals surface area contributed by atoms with Crippen molar-refractivity contribution in [3.05, 3.63) is 0 Å². The minimum absolute atomic E-state index is 0.299. The molecule has 2 rings (SSSR count). The molecule has 0 aromatic carbocycles. The Morgan fingerprint density at radius 3 is 2.50 bits per heavy atom. The quantitative estimate of drug-likeness (QED) is 0.692. The molecule has 4 heteroatoms. The molecule has 20 heavy (non-hydrogen) atoms. The minimum Gasteiger partial charge on any atom is -0.380 e. The van der Waals surface area contributed by atoms with Gasteiger partial charge in [-0.2, -0.15) is 0 Å². The zero-order chi connectivity index (χ0) is 14.3. The molecular formula is C16H32N2O2. The zero-order valence-corrected chi connectivity index (χ0v) is 13.3. The molecule has 4 nitrogen and oxygen atoms in total. The fourth-order valence-corrected chi connectivity index (χ4v) is 3.88. The van der Waals surface area contributed by atoms with Crippen molar-refractivity contribution in [1.82, 2.24) is 10.2 Å². The molecule has 0 aromatic heterocycles. The van der Waals surface area contributed by atoms with Crippen LogP contribution in [0.4, 0.5) is 0 Å². The summed E-state index contributed by atoms with van der Waals surface area (Å²) in [5.41, 5.74) is 0.299. The molecule has 0 spiro atoms. The molecule has 1 unspecified atom stereocenters. The summed E-state index contributed by atoms with van der Waals surface area (Å²) in [6.07, 6.45) is 6.42. The van der Waals surface area contributed by atoms with Gasteiger partial charge in [-0.25, -0.2) is 0 Å². The van der Waals surface area contributed by atoms with Crippen LogP contribution in [0.3, 0.4) is 0 Å². The molecule has 2 fully saturated rings. The zero-order valence-electron chi connectivity index (χ0n) is 13.3. The Morgan fingerprint density at radius 1 is 1.20 bits per heavy atom. The first-order valence-electron chi connectivity index (χ1n) is 8.47. The Kier molecular flexibility index (Phi) is 6.75. The van der Waals surface area contributed by atoms with Gasteiger partial charge in [-0.15, -0.1) is 0 Å². The van der Waals surface area contributed by atoms with Gasteiger partial charge in [0.15, 0.2) is 0 Å². The van der Waals surface area contributed by atoms with Crippen LogP contribution in [0, 0.1) is 0 Å². The second kappa shape index (κ2) is 8.32. The van der Waals surface area contributed by atoms with Gasteiger partial charge in [-0.1, -0.05) is 26.7 Å². The predicted molar refractivity (Wildman–Crippen MR) is 82.2 cm³/mol. The van der Waals surface area contributed by atoms with Gasteiger partial charge in [0.2, 0.25) is 0 Å². The molecule has 1 aliphatic heterocycles. The molecule has 118 valence electrons. The first-order valence-corrected chi connectivity index (χ1v) is 8.47. The van der Waals surface area contributed by atoms with E-state index in [0.29, 0.717) is 11.6 Å². The number of nitrogens with zero attached hydrogens (tertiary/aromatic N) is 1. The SMILES string of the molecule is CCCOCC(NCC)C1(N2CCOCC2)CCCC1. The van der Waals surface area contributed by atoms with Gasteiger partial charge in [0.1, 0.15) is 0 Å². The Balaban J connectivity index is 2.05. The minimum atomic E-state index is 0.299. The highest BCUT2D eigenvalue weighted by atomic mass is 16.5. The summed E-state index contributed by atoms with van der Waals surface area (Å²) in [6, 6.07) is 0.458. The molecule has 0 radical (unpaired) electrons. The third-order valence-electron chi connectivity index (χ3n) is 4.84. The van der Waals surface area contributed by atoms with E-state index in [9.17, 15) is 0 Å². The van der Waals surface area contributed by atoms with E-state index >= 15 is 0 Å². The summed E-state index contributed by atoms with van der Waals surface area (Å²) in [7, 11) is 0. The summed E-state index contributed by atoms with van der Waals surface area (Å²) in [5, 5.41) is 3.71. The molecule has 0 amide bonds. The molecule has 0 bridgehead atoms. The first-order chi connectivity index (χ1) is 9.83. The normalized spacial score (nSPS) is 24.9. The lowest BCUT2D eigenvalue weighted by atomic mass is 9.85. The number of morpholine rings is 1. The maximum absolute atomic E-state index is 5.91. The van der Waals surface area contributed by atoms with Crippen molar-refractivity contribution in [2.24, 2.45) is 0 Å². The molecule has 2 aliphatic rings. The number of nitrogens with one attached hydrogen (secondary N) is 1. The van der Waals surface area contributed by atoms with Crippen molar-refractivity contribution in [2.45, 2.75) is 57.5 Å². The smallest absolute Gasteiger partial charge is 0.0637 e. The van der Waals surface area contributed by atoms with E-state index in [2.05, 4.69) is 24.1 Å². The standard InChI is InChI=1S/C16H32N2O2/c1-3-11-20-14-15(17-4-2)16(7-5-6-8-16)18-9-12-19-13-10-18/h15,17H,3-14H2,1-2H3. The van der Waals surface area contributed by atoms with Gasteiger partial charge in [0, 0.05) is 31.3 Å². The maximum atomic E-state index is 5.91. The van der Waals surface area contributed by atoms with Crippen LogP contribution in [-0.2, 0) is 9.47 Å². The van der Waals surface area contributed by atoms with Crippen LogP contribution in [0.2, 0.25) is 0 Å². The summed E-state index contributed by atoms with van der Waals surface area (Å²) in [6.45, 7) is 11.1. The van der Waals surface area contributed by atoms with Crippen molar-refractivity contribution < 1.29 is 9.47 Å². The van der Waals surface area contributed by atoms with Crippen LogP contribution in [-0.4, -0.2) is 62.5 Å². The number of rotatable bonds is 8. The van der Waals surface area contributed by atoms with Gasteiger partial charge in [0.25, 0.3) is 0 Å². The van der Waals surface area contributed by atoms with Crippen molar-refractivity contribution >= 4 is 0 Å². The van der Waals surface area contributed by atoms with Crippen molar-refractivity contribution in [2.75, 3.05) is 46.1 Å². The summed E-state index contributed by atoms with van der Waals surface area (Å²) in [5.74, 6) is 0. The number of ether oxygens (including phenoxy) is 2. The highest BCUT2D eigenvalue weighted by molar-refractivity contribution is 5.04. The lowest BCUT2D eigenvalue weighted by Gasteiger charge is -2.48. The second-order valence-corrected chi connectivity index (χ2v) is 6.10. The molecule has 1 N–H and O–H groups in total. The van der Waals surface area contributed by atoms with Crippen LogP contribution >= 0.6 is 0 Å². The van der Waals surface area contributed by atoms with E-state index in [4.69, 9.17) is 9.47 Å². The maximum Gasteiger partial charge on any atom is 0.0637 e. The van der Waals surface area contributed by atoms with E-state index in [0.717, 1.165) is 52.5 Å². The van der Waals surface area contributed by atoms with E-state index in [1.807, 2.05) is 0 Å². The van der Waals surface area contributed by atoms with E-state index in [1.54, 1.807) is 0 Å². The Hall–Kier alpha value is -0.160. The number of hydrogen-bond acceptors (Lipinski definition) is 4. The second-order valence-electron chi connectivity index (χ2n) is 6.10. The topological polar surface area (TPSA) is 33.7 Å². The van der Waals surface area contributed by atoms with E-state index < -0.39 is 0 Å². The van der Waals surface area contributed by atoms with Crippen molar-refractivity contribution in [3.8, 4) is 0 Å². The highest BCUT2D eigenvalue weighted by Gasteiger charge is 2.45. The summed E-state index contributed by atoms with van der Waals surface area (Å²) < 4.78 is 11.5. The van der Waals surface area contributed by atoms with Crippen molar-refractivity contribution in [1.29, 1.82) is 0 Å². The van der Waals surface area contributed by atoms with Gasteiger partial charge in [-0.3, -0.25) is 4.90 Å². The Bertz CT molecular complexity index is 261. The largest absolute Gasteiger partial charge is 0.380 e. The summed E-state index contributed by atoms with van der Waals surface area (Å²) in [4.78, 5) is 2.69. The fraction of sp³-hybridized carbons (Fsp3) is 1.00. The third kappa shape index (κ3) is 3.73. The Labute approximate surface area is 124 Å². The van der Waals surface area contributed by atoms with E-state index in [1.165, 1.54) is 25.7 Å². The molecule has 1 saturated carbocycles. The fourth-order valence-electron chi connectivity index (χ4n) is 3.88. The van der Waals surface area contributed by atoms with Gasteiger partial charge in [0.05, 0.1) is 19.8 Å². The average molecular weight is 284 g/mol. The lowest BCUT2D eigenvalue weighted by Crippen LogP contribution is -2.63. The molecule has 1 aliphatic carbocycles. The number of likely N-dealkylation sites (N-methyl/N-ethyl adjacent to an activating group) is 1. The predicted octanol–water partition coefficient (Wildman–Crippen LogP) is 2.04. The third-order valence-corrected chi connectivity index (χ3v) is 4.84. The van der Waals surface area contributed by atoms with Gasteiger partial charge < -0.3 is 14.8 Å². The molecule has 0 aromatic rings. The number of hydrogen-bond donors (Lipinski definition) is 1. The van der Waals surface area contributed by atoms with Crippen LogP contribution < -0.4 is 5.32 Å². The average Bonchev–Trinajstić information content (AvgIpc) is 2.98.